The second-order valence-corrected chi connectivity index (χ2v) is 4.92. The Hall–Kier alpha value is -2.20. The highest BCUT2D eigenvalue weighted by Crippen LogP contribution is 2.08. The number of nitrogens with zero attached hydrogens (tertiary/aromatic N) is 2. The second-order valence-electron chi connectivity index (χ2n) is 4.92. The van der Waals surface area contributed by atoms with Crippen molar-refractivity contribution in [1.82, 2.24) is 9.88 Å². The number of nitrogen functional groups attached to an aromatic ring is 1. The summed E-state index contributed by atoms with van der Waals surface area (Å²) in [7, 11) is 2.09. The quantitative estimate of drug-likeness (QED) is 0.622. The molecule has 1 aromatic carbocycles. The lowest BCUT2D eigenvalue weighted by atomic mass is 10.1. The predicted octanol–water partition coefficient (Wildman–Crippen LogP) is 2.04. The third-order valence-corrected chi connectivity index (χ3v) is 3.17. The fourth-order valence-corrected chi connectivity index (χ4v) is 2.08. The number of pyridine rings is 1. The average Bonchev–Trinajstić information content (AvgIpc) is 2.46. The largest absolute Gasteiger partial charge is 0.384 e. The highest BCUT2D eigenvalue weighted by atomic mass is 15.1. The number of hydrogen-bond donors (Lipinski definition) is 2. The smallest absolute Gasteiger partial charge is 0.122 e. The highest BCUT2D eigenvalue weighted by Gasteiger charge is 2.03. The Balaban J connectivity index is 1.89. The van der Waals surface area contributed by atoms with Crippen molar-refractivity contribution < 1.29 is 0 Å². The Morgan fingerprint density at radius 2 is 2.10 bits per heavy atom. The number of benzene rings is 1. The molecule has 2 aromatic rings. The van der Waals surface area contributed by atoms with Crippen LogP contribution in [0, 0.1) is 5.41 Å². The molecule has 0 radical (unpaired) electrons. The molecule has 3 N–H and O–H groups in total. The van der Waals surface area contributed by atoms with Crippen molar-refractivity contribution >= 4 is 5.84 Å². The summed E-state index contributed by atoms with van der Waals surface area (Å²) in [6.07, 6.45) is 2.76. The minimum absolute atomic E-state index is 0.114. The van der Waals surface area contributed by atoms with Crippen molar-refractivity contribution in [3.8, 4) is 0 Å². The maximum absolute atomic E-state index is 7.46. The Morgan fingerprint density at radius 1 is 1.25 bits per heavy atom. The molecule has 2 rings (SSSR count). The van der Waals surface area contributed by atoms with E-state index < -0.39 is 0 Å². The zero-order valence-corrected chi connectivity index (χ0v) is 11.7. The second kappa shape index (κ2) is 6.82. The van der Waals surface area contributed by atoms with Crippen LogP contribution in [-0.4, -0.2) is 29.3 Å². The molecule has 20 heavy (non-hydrogen) atoms. The molecule has 0 amide bonds. The fourth-order valence-electron chi connectivity index (χ4n) is 2.08. The van der Waals surface area contributed by atoms with E-state index >= 15 is 0 Å². The molecule has 4 heteroatoms. The number of rotatable bonds is 6. The number of nitrogens with two attached hydrogens (primary N) is 1. The van der Waals surface area contributed by atoms with Crippen molar-refractivity contribution in [2.75, 3.05) is 13.6 Å². The van der Waals surface area contributed by atoms with Gasteiger partial charge in [-0.25, -0.2) is 0 Å². The Kier molecular flexibility index (Phi) is 4.85. The molecule has 0 fully saturated rings. The van der Waals surface area contributed by atoms with Crippen LogP contribution in [0.15, 0.2) is 48.7 Å². The molecular formula is C16H20N4. The molecule has 0 bridgehead atoms. The fraction of sp³-hybridized carbons (Fsp3) is 0.250. The molecule has 0 aliphatic carbocycles. The lowest BCUT2D eigenvalue weighted by Gasteiger charge is -2.16. The van der Waals surface area contributed by atoms with Crippen LogP contribution >= 0.6 is 0 Å². The van der Waals surface area contributed by atoms with E-state index in [4.69, 9.17) is 11.1 Å². The lowest BCUT2D eigenvalue weighted by Crippen LogP contribution is -2.21. The first-order valence-electron chi connectivity index (χ1n) is 6.67. The molecule has 1 heterocycles. The van der Waals surface area contributed by atoms with Crippen LogP contribution in [0.25, 0.3) is 0 Å². The van der Waals surface area contributed by atoms with Crippen LogP contribution in [0.2, 0.25) is 0 Å². The van der Waals surface area contributed by atoms with Gasteiger partial charge in [0.1, 0.15) is 5.84 Å². The molecule has 0 spiro atoms. The van der Waals surface area contributed by atoms with Crippen LogP contribution in [0.1, 0.15) is 16.8 Å². The van der Waals surface area contributed by atoms with Crippen LogP contribution in [0.3, 0.4) is 0 Å². The molecule has 0 atom stereocenters. The standard InChI is InChI=1S/C16H20N4/c1-20(10-8-15-7-2-3-9-19-15)12-13-5-4-6-14(11-13)16(17)18/h2-7,9,11H,8,10,12H2,1H3,(H3,17,18). The summed E-state index contributed by atoms with van der Waals surface area (Å²) in [6.45, 7) is 1.79. The van der Waals surface area contributed by atoms with E-state index in [1.807, 2.05) is 42.6 Å². The van der Waals surface area contributed by atoms with Gasteiger partial charge in [-0.1, -0.05) is 24.3 Å². The zero-order chi connectivity index (χ0) is 14.4. The van der Waals surface area contributed by atoms with E-state index in [9.17, 15) is 0 Å². The van der Waals surface area contributed by atoms with Gasteiger partial charge in [0, 0.05) is 37.0 Å². The Labute approximate surface area is 119 Å². The van der Waals surface area contributed by atoms with Gasteiger partial charge < -0.3 is 10.6 Å². The van der Waals surface area contributed by atoms with E-state index in [0.717, 1.165) is 30.8 Å². The van der Waals surface area contributed by atoms with E-state index in [1.165, 1.54) is 5.56 Å². The first-order chi connectivity index (χ1) is 9.65. The van der Waals surface area contributed by atoms with Crippen molar-refractivity contribution in [3.05, 3.63) is 65.5 Å². The summed E-state index contributed by atoms with van der Waals surface area (Å²) in [4.78, 5) is 6.57. The van der Waals surface area contributed by atoms with E-state index in [1.54, 1.807) is 0 Å². The maximum Gasteiger partial charge on any atom is 0.122 e. The summed E-state index contributed by atoms with van der Waals surface area (Å²) in [6, 6.07) is 13.8. The first kappa shape index (κ1) is 14.2. The third kappa shape index (κ3) is 4.17. The van der Waals surface area contributed by atoms with Gasteiger partial charge in [-0.15, -0.1) is 0 Å². The van der Waals surface area contributed by atoms with Gasteiger partial charge in [0.15, 0.2) is 0 Å². The molecule has 0 saturated heterocycles. The molecule has 104 valence electrons. The minimum atomic E-state index is 0.114. The van der Waals surface area contributed by atoms with Gasteiger partial charge in [-0.3, -0.25) is 10.4 Å². The normalized spacial score (nSPS) is 10.7. The molecule has 0 saturated carbocycles. The van der Waals surface area contributed by atoms with Gasteiger partial charge in [0.05, 0.1) is 0 Å². The number of aromatic nitrogens is 1. The van der Waals surface area contributed by atoms with Crippen molar-refractivity contribution in [2.45, 2.75) is 13.0 Å². The van der Waals surface area contributed by atoms with Crippen molar-refractivity contribution in [3.63, 3.8) is 0 Å². The monoisotopic (exact) mass is 268 g/mol. The Bertz CT molecular complexity index is 566. The minimum Gasteiger partial charge on any atom is -0.384 e. The molecule has 1 aromatic heterocycles. The topological polar surface area (TPSA) is 66.0 Å². The van der Waals surface area contributed by atoms with E-state index in [-0.39, 0.29) is 5.84 Å². The van der Waals surface area contributed by atoms with E-state index in [0.29, 0.717) is 0 Å². The summed E-state index contributed by atoms with van der Waals surface area (Å²) in [5.74, 6) is 0.114. The van der Waals surface area contributed by atoms with E-state index in [2.05, 4.69) is 23.0 Å². The first-order valence-corrected chi connectivity index (χ1v) is 6.67. The Morgan fingerprint density at radius 3 is 2.80 bits per heavy atom. The van der Waals surface area contributed by atoms with Crippen molar-refractivity contribution in [1.29, 1.82) is 5.41 Å². The van der Waals surface area contributed by atoms with Gasteiger partial charge in [-0.05, 0) is 30.8 Å². The number of likely N-dealkylation sites (N-methyl/N-ethyl adjacent to an activating group) is 1. The molecule has 0 unspecified atom stereocenters. The van der Waals surface area contributed by atoms with Crippen molar-refractivity contribution in [2.24, 2.45) is 5.73 Å². The molecular weight excluding hydrogens is 248 g/mol. The summed E-state index contributed by atoms with van der Waals surface area (Å²) in [5, 5.41) is 7.46. The van der Waals surface area contributed by atoms with Crippen LogP contribution in [0.4, 0.5) is 0 Å². The SMILES string of the molecule is CN(CCc1ccccn1)Cc1cccc(C(=N)N)c1. The number of amidine groups is 1. The van der Waals surface area contributed by atoms with Gasteiger partial charge >= 0.3 is 0 Å². The molecule has 0 aliphatic rings. The summed E-state index contributed by atoms with van der Waals surface area (Å²) < 4.78 is 0. The predicted molar refractivity (Wildman–Crippen MR) is 81.7 cm³/mol. The van der Waals surface area contributed by atoms with Gasteiger partial charge in [0.2, 0.25) is 0 Å². The molecule has 4 nitrogen and oxygen atoms in total. The number of nitrogens with one attached hydrogen (secondary N) is 1. The van der Waals surface area contributed by atoms with Crippen LogP contribution in [-0.2, 0) is 13.0 Å². The van der Waals surface area contributed by atoms with Crippen LogP contribution in [0.5, 0.6) is 0 Å². The summed E-state index contributed by atoms with van der Waals surface area (Å²) in [5.41, 5.74) is 8.56. The number of hydrogen-bond acceptors (Lipinski definition) is 3. The average molecular weight is 268 g/mol. The molecule has 0 aliphatic heterocycles. The zero-order valence-electron chi connectivity index (χ0n) is 11.7. The lowest BCUT2D eigenvalue weighted by molar-refractivity contribution is 0.330. The summed E-state index contributed by atoms with van der Waals surface area (Å²) >= 11 is 0. The van der Waals surface area contributed by atoms with Gasteiger partial charge in [0.25, 0.3) is 0 Å². The maximum atomic E-state index is 7.46. The van der Waals surface area contributed by atoms with Gasteiger partial charge in [-0.2, -0.15) is 0 Å². The third-order valence-electron chi connectivity index (χ3n) is 3.17. The highest BCUT2D eigenvalue weighted by molar-refractivity contribution is 5.95. The van der Waals surface area contributed by atoms with Crippen LogP contribution < -0.4 is 5.73 Å².